The summed E-state index contributed by atoms with van der Waals surface area (Å²) in [6.07, 6.45) is 1.55. The van der Waals surface area contributed by atoms with Crippen molar-refractivity contribution in [3.63, 3.8) is 0 Å². The fraction of sp³-hybridized carbons (Fsp3) is 0.211. The van der Waals surface area contributed by atoms with Gasteiger partial charge in [-0.2, -0.15) is 0 Å². The number of nitrogens with zero attached hydrogens (tertiary/aromatic N) is 1. The Balaban J connectivity index is 1.96. The van der Waals surface area contributed by atoms with Crippen molar-refractivity contribution in [2.24, 2.45) is 0 Å². The maximum Gasteiger partial charge on any atom is 0.189 e. The van der Waals surface area contributed by atoms with E-state index in [9.17, 15) is 9.18 Å². The summed E-state index contributed by atoms with van der Waals surface area (Å²) in [4.78, 5) is 12.3. The number of pyridine rings is 1. The highest BCUT2D eigenvalue weighted by atomic mass is 19.1. The average Bonchev–Trinajstić information content (AvgIpc) is 2.54. The second-order valence-corrected chi connectivity index (χ2v) is 5.39. The van der Waals surface area contributed by atoms with Gasteiger partial charge in [0, 0.05) is 23.7 Å². The van der Waals surface area contributed by atoms with Crippen molar-refractivity contribution in [2.45, 2.75) is 26.3 Å². The van der Waals surface area contributed by atoms with Gasteiger partial charge >= 0.3 is 0 Å². The Morgan fingerprint density at radius 1 is 1.00 bits per heavy atom. The SMILES string of the molecule is CCn1c(CCc2ccc(F)cc2)cc(=O)c2ccccc21. The molecule has 0 aliphatic heterocycles. The Kier molecular flexibility index (Phi) is 4.05. The van der Waals surface area contributed by atoms with Gasteiger partial charge in [0.2, 0.25) is 0 Å². The first kappa shape index (κ1) is 14.5. The van der Waals surface area contributed by atoms with Crippen LogP contribution >= 0.6 is 0 Å². The van der Waals surface area contributed by atoms with Crippen LogP contribution in [0.25, 0.3) is 10.9 Å². The standard InChI is InChI=1S/C19H18FNO/c1-2-21-16(12-9-14-7-10-15(20)11-8-14)13-19(22)17-5-3-4-6-18(17)21/h3-8,10-11,13H,2,9,12H2,1H3. The van der Waals surface area contributed by atoms with Crippen molar-refractivity contribution in [1.82, 2.24) is 4.57 Å². The number of halogens is 1. The van der Waals surface area contributed by atoms with Crippen molar-refractivity contribution < 1.29 is 4.39 Å². The predicted molar refractivity (Wildman–Crippen MR) is 87.7 cm³/mol. The van der Waals surface area contributed by atoms with Crippen molar-refractivity contribution >= 4 is 10.9 Å². The van der Waals surface area contributed by atoms with Crippen LogP contribution in [-0.4, -0.2) is 4.57 Å². The van der Waals surface area contributed by atoms with Gasteiger partial charge in [0.05, 0.1) is 5.52 Å². The lowest BCUT2D eigenvalue weighted by atomic mass is 10.1. The lowest BCUT2D eigenvalue weighted by Crippen LogP contribution is -2.14. The van der Waals surface area contributed by atoms with Crippen LogP contribution in [0.2, 0.25) is 0 Å². The first-order chi connectivity index (χ1) is 10.7. The number of hydrogen-bond acceptors (Lipinski definition) is 1. The molecular weight excluding hydrogens is 277 g/mol. The van der Waals surface area contributed by atoms with Crippen LogP contribution in [0.3, 0.4) is 0 Å². The summed E-state index contributed by atoms with van der Waals surface area (Å²) in [5.74, 6) is -0.222. The molecule has 0 aliphatic carbocycles. The molecule has 0 bridgehead atoms. The van der Waals surface area contributed by atoms with Gasteiger partial charge < -0.3 is 4.57 Å². The van der Waals surface area contributed by atoms with E-state index in [4.69, 9.17) is 0 Å². The summed E-state index contributed by atoms with van der Waals surface area (Å²) < 4.78 is 15.1. The molecule has 0 saturated heterocycles. The Labute approximate surface area is 128 Å². The fourth-order valence-corrected chi connectivity index (χ4v) is 2.88. The van der Waals surface area contributed by atoms with Gasteiger partial charge in [0.25, 0.3) is 0 Å². The van der Waals surface area contributed by atoms with Crippen LogP contribution in [0.15, 0.2) is 59.4 Å². The number of rotatable bonds is 4. The van der Waals surface area contributed by atoms with E-state index in [1.807, 2.05) is 24.3 Å². The van der Waals surface area contributed by atoms with E-state index in [-0.39, 0.29) is 11.2 Å². The van der Waals surface area contributed by atoms with Crippen LogP contribution < -0.4 is 5.43 Å². The molecule has 0 fully saturated rings. The van der Waals surface area contributed by atoms with E-state index in [0.29, 0.717) is 0 Å². The van der Waals surface area contributed by atoms with Gasteiger partial charge in [0.1, 0.15) is 5.82 Å². The molecule has 22 heavy (non-hydrogen) atoms. The molecule has 1 heterocycles. The normalized spacial score (nSPS) is 11.0. The molecule has 3 heteroatoms. The number of aryl methyl sites for hydroxylation is 3. The molecule has 3 aromatic rings. The molecular formula is C19H18FNO. The van der Waals surface area contributed by atoms with Crippen molar-refractivity contribution in [3.8, 4) is 0 Å². The van der Waals surface area contributed by atoms with Gasteiger partial charge in [0.15, 0.2) is 5.43 Å². The number of fused-ring (bicyclic) bond motifs is 1. The van der Waals surface area contributed by atoms with Gasteiger partial charge in [-0.1, -0.05) is 24.3 Å². The third kappa shape index (κ3) is 2.80. The molecule has 0 unspecified atom stereocenters. The van der Waals surface area contributed by atoms with E-state index in [0.717, 1.165) is 41.5 Å². The molecule has 3 rings (SSSR count). The van der Waals surface area contributed by atoms with E-state index in [2.05, 4.69) is 11.5 Å². The summed E-state index contributed by atoms with van der Waals surface area (Å²) in [7, 11) is 0. The van der Waals surface area contributed by atoms with Gasteiger partial charge in [-0.3, -0.25) is 4.79 Å². The minimum Gasteiger partial charge on any atom is -0.345 e. The maximum atomic E-state index is 13.0. The van der Waals surface area contributed by atoms with Gasteiger partial charge in [-0.05, 0) is 49.6 Å². The monoisotopic (exact) mass is 295 g/mol. The fourth-order valence-electron chi connectivity index (χ4n) is 2.88. The van der Waals surface area contributed by atoms with Crippen LogP contribution in [0.4, 0.5) is 4.39 Å². The molecule has 1 aromatic heterocycles. The lowest BCUT2D eigenvalue weighted by molar-refractivity contribution is 0.626. The molecule has 2 nitrogen and oxygen atoms in total. The summed E-state index contributed by atoms with van der Waals surface area (Å²) in [5, 5.41) is 0.759. The average molecular weight is 295 g/mol. The van der Waals surface area contributed by atoms with E-state index in [1.165, 1.54) is 12.1 Å². The Hall–Kier alpha value is -2.42. The number of hydrogen-bond donors (Lipinski definition) is 0. The van der Waals surface area contributed by atoms with Crippen LogP contribution in [0, 0.1) is 5.82 Å². The molecule has 0 radical (unpaired) electrons. The minimum atomic E-state index is -0.222. The summed E-state index contributed by atoms with van der Waals surface area (Å²) in [6.45, 7) is 2.90. The lowest BCUT2D eigenvalue weighted by Gasteiger charge is -2.15. The zero-order chi connectivity index (χ0) is 15.5. The highest BCUT2D eigenvalue weighted by Gasteiger charge is 2.08. The first-order valence-electron chi connectivity index (χ1n) is 7.55. The first-order valence-corrected chi connectivity index (χ1v) is 7.55. The molecule has 0 aliphatic rings. The van der Waals surface area contributed by atoms with Crippen molar-refractivity contribution in [2.75, 3.05) is 0 Å². The smallest absolute Gasteiger partial charge is 0.189 e. The van der Waals surface area contributed by atoms with Gasteiger partial charge in [-0.25, -0.2) is 4.39 Å². The van der Waals surface area contributed by atoms with Crippen LogP contribution in [-0.2, 0) is 19.4 Å². The highest BCUT2D eigenvalue weighted by Crippen LogP contribution is 2.15. The molecule has 2 aromatic carbocycles. The highest BCUT2D eigenvalue weighted by molar-refractivity contribution is 5.79. The zero-order valence-electron chi connectivity index (χ0n) is 12.6. The van der Waals surface area contributed by atoms with E-state index < -0.39 is 0 Å². The predicted octanol–water partition coefficient (Wildman–Crippen LogP) is 3.95. The quantitative estimate of drug-likeness (QED) is 0.714. The topological polar surface area (TPSA) is 22.0 Å². The molecule has 0 N–H and O–H groups in total. The summed E-state index contributed by atoms with van der Waals surface area (Å²) in [6, 6.07) is 16.0. The van der Waals surface area contributed by atoms with Crippen molar-refractivity contribution in [1.29, 1.82) is 0 Å². The molecule has 112 valence electrons. The third-order valence-electron chi connectivity index (χ3n) is 4.00. The molecule has 0 atom stereocenters. The summed E-state index contributed by atoms with van der Waals surface area (Å²) in [5.41, 5.74) is 3.14. The Morgan fingerprint density at radius 3 is 2.45 bits per heavy atom. The van der Waals surface area contributed by atoms with E-state index >= 15 is 0 Å². The third-order valence-corrected chi connectivity index (χ3v) is 4.00. The van der Waals surface area contributed by atoms with Crippen molar-refractivity contribution in [3.05, 3.63) is 81.9 Å². The maximum absolute atomic E-state index is 13.0. The van der Waals surface area contributed by atoms with Crippen LogP contribution in [0.1, 0.15) is 18.2 Å². The number of aromatic nitrogens is 1. The van der Waals surface area contributed by atoms with Gasteiger partial charge in [-0.15, -0.1) is 0 Å². The molecule has 0 spiro atoms. The van der Waals surface area contributed by atoms with E-state index in [1.54, 1.807) is 18.2 Å². The second-order valence-electron chi connectivity index (χ2n) is 5.39. The zero-order valence-corrected chi connectivity index (χ0v) is 12.6. The number of para-hydroxylation sites is 1. The Morgan fingerprint density at radius 2 is 1.73 bits per heavy atom. The molecule has 0 amide bonds. The largest absolute Gasteiger partial charge is 0.345 e. The number of benzene rings is 2. The Bertz CT molecular complexity index is 849. The summed E-state index contributed by atoms with van der Waals surface area (Å²) >= 11 is 0. The second kappa shape index (κ2) is 6.14. The van der Waals surface area contributed by atoms with Crippen LogP contribution in [0.5, 0.6) is 0 Å². The minimum absolute atomic E-state index is 0.0643. The molecule has 0 saturated carbocycles.